The number of benzene rings is 2. The molecular formula is C18H17ClN2O5S. The molecule has 0 aromatic heterocycles. The molecule has 27 heavy (non-hydrogen) atoms. The number of carbonyl (C=O) groups excluding carboxylic acids is 1. The van der Waals surface area contributed by atoms with Crippen LogP contribution in [0.2, 0.25) is 5.02 Å². The van der Waals surface area contributed by atoms with Gasteiger partial charge in [0.05, 0.1) is 11.4 Å². The lowest BCUT2D eigenvalue weighted by atomic mass is 10.0. The zero-order chi connectivity index (χ0) is 19.6. The van der Waals surface area contributed by atoms with Gasteiger partial charge in [-0.15, -0.1) is 0 Å². The summed E-state index contributed by atoms with van der Waals surface area (Å²) in [5.41, 5.74) is 2.74. The topological polar surface area (TPSA) is 96.3 Å². The van der Waals surface area contributed by atoms with E-state index < -0.39 is 10.4 Å². The lowest BCUT2D eigenvalue weighted by Crippen LogP contribution is -2.32. The molecule has 1 aliphatic heterocycles. The zero-order valence-corrected chi connectivity index (χ0v) is 16.0. The molecule has 0 saturated carbocycles. The average Bonchev–Trinajstić information content (AvgIpc) is 2.78. The molecular weight excluding hydrogens is 392 g/mol. The molecule has 2 aromatic rings. The van der Waals surface area contributed by atoms with Gasteiger partial charge >= 0.3 is 10.4 Å². The molecule has 1 N–H and O–H groups in total. The Morgan fingerprint density at radius 3 is 2.70 bits per heavy atom. The van der Waals surface area contributed by atoms with E-state index in [0.29, 0.717) is 46.9 Å². The van der Waals surface area contributed by atoms with Gasteiger partial charge in [-0.2, -0.15) is 8.42 Å². The molecule has 2 aromatic carbocycles. The summed E-state index contributed by atoms with van der Waals surface area (Å²) in [5, 5.41) is 3.99. The first-order valence-corrected chi connectivity index (χ1v) is 9.91. The molecule has 0 saturated heterocycles. The molecule has 9 heteroatoms. The summed E-state index contributed by atoms with van der Waals surface area (Å²) in [7, 11) is -4.72. The van der Waals surface area contributed by atoms with Crippen molar-refractivity contribution in [2.24, 2.45) is 5.16 Å². The fourth-order valence-corrected chi connectivity index (χ4v) is 3.34. The van der Waals surface area contributed by atoms with Crippen molar-refractivity contribution in [3.05, 3.63) is 64.2 Å². The minimum Gasteiger partial charge on any atom is -0.308 e. The summed E-state index contributed by atoms with van der Waals surface area (Å²) < 4.78 is 34.7. The van der Waals surface area contributed by atoms with E-state index in [2.05, 4.69) is 9.44 Å². The van der Waals surface area contributed by atoms with Crippen molar-refractivity contribution >= 4 is 39.3 Å². The minimum atomic E-state index is -4.72. The molecule has 0 radical (unpaired) electrons. The van der Waals surface area contributed by atoms with E-state index in [4.69, 9.17) is 16.2 Å². The van der Waals surface area contributed by atoms with Gasteiger partial charge in [0.2, 0.25) is 0 Å². The highest BCUT2D eigenvalue weighted by molar-refractivity contribution is 7.80. The molecule has 1 heterocycles. The Labute approximate surface area is 162 Å². The predicted molar refractivity (Wildman–Crippen MR) is 103 cm³/mol. The maximum Gasteiger partial charge on any atom is 0.466 e. The molecule has 0 spiro atoms. The molecule has 1 aliphatic rings. The Kier molecular flexibility index (Phi) is 5.50. The smallest absolute Gasteiger partial charge is 0.308 e. The van der Waals surface area contributed by atoms with Gasteiger partial charge in [-0.05, 0) is 49.6 Å². The Balaban J connectivity index is 2.08. The summed E-state index contributed by atoms with van der Waals surface area (Å²) in [6.07, 6.45) is 0.888. The molecule has 0 unspecified atom stereocenters. The van der Waals surface area contributed by atoms with Gasteiger partial charge in [-0.25, -0.2) is 4.28 Å². The third-order valence-corrected chi connectivity index (χ3v) is 4.72. The van der Waals surface area contributed by atoms with Gasteiger partial charge in [-0.3, -0.25) is 9.35 Å². The maximum absolute atomic E-state index is 13.1. The fourth-order valence-electron chi connectivity index (χ4n) is 2.99. The number of oxime groups is 1. The van der Waals surface area contributed by atoms with Crippen molar-refractivity contribution in [1.29, 1.82) is 0 Å². The van der Waals surface area contributed by atoms with E-state index in [1.807, 2.05) is 19.1 Å². The van der Waals surface area contributed by atoms with Gasteiger partial charge in [0.15, 0.2) is 0 Å². The van der Waals surface area contributed by atoms with Crippen LogP contribution in [-0.2, 0) is 14.7 Å². The van der Waals surface area contributed by atoms with Crippen molar-refractivity contribution in [1.82, 2.24) is 0 Å². The van der Waals surface area contributed by atoms with E-state index in [1.165, 1.54) is 0 Å². The van der Waals surface area contributed by atoms with Gasteiger partial charge in [0.25, 0.3) is 5.91 Å². The van der Waals surface area contributed by atoms with Crippen LogP contribution in [0.15, 0.2) is 47.6 Å². The number of rotatable bonds is 3. The van der Waals surface area contributed by atoms with E-state index in [-0.39, 0.29) is 5.91 Å². The molecule has 0 bridgehead atoms. The molecule has 142 valence electrons. The van der Waals surface area contributed by atoms with Crippen LogP contribution in [0.5, 0.6) is 0 Å². The highest BCUT2D eigenvalue weighted by Crippen LogP contribution is 2.31. The van der Waals surface area contributed by atoms with Crippen LogP contribution in [0.4, 0.5) is 5.69 Å². The van der Waals surface area contributed by atoms with Gasteiger partial charge in [0, 0.05) is 22.7 Å². The van der Waals surface area contributed by atoms with Crippen molar-refractivity contribution < 1.29 is 22.0 Å². The lowest BCUT2D eigenvalue weighted by Gasteiger charge is -2.24. The number of carbonyl (C=O) groups is 1. The number of fused-ring (bicyclic) bond motifs is 1. The highest BCUT2D eigenvalue weighted by atomic mass is 35.5. The van der Waals surface area contributed by atoms with Crippen LogP contribution in [-0.4, -0.2) is 31.1 Å². The minimum absolute atomic E-state index is 0.187. The van der Waals surface area contributed by atoms with Crippen LogP contribution in [0.3, 0.4) is 0 Å². The molecule has 7 nitrogen and oxygen atoms in total. The molecule has 0 aliphatic carbocycles. The van der Waals surface area contributed by atoms with Crippen LogP contribution in [0.1, 0.15) is 34.3 Å². The molecule has 3 rings (SSSR count). The van der Waals surface area contributed by atoms with Crippen LogP contribution < -0.4 is 4.90 Å². The van der Waals surface area contributed by atoms with E-state index in [1.54, 1.807) is 35.2 Å². The van der Waals surface area contributed by atoms with Crippen molar-refractivity contribution in [2.45, 2.75) is 19.8 Å². The normalized spacial score (nSPS) is 16.0. The van der Waals surface area contributed by atoms with Crippen molar-refractivity contribution in [3.8, 4) is 0 Å². The van der Waals surface area contributed by atoms with E-state index >= 15 is 0 Å². The number of anilines is 1. The summed E-state index contributed by atoms with van der Waals surface area (Å²) >= 11 is 6.13. The molecule has 1 amide bonds. The second-order valence-corrected chi connectivity index (χ2v) is 7.52. The number of halogens is 1. The fraction of sp³-hybridized carbons (Fsp3) is 0.222. The first kappa shape index (κ1) is 19.3. The summed E-state index contributed by atoms with van der Waals surface area (Å²) in [5.74, 6) is -0.187. The van der Waals surface area contributed by atoms with Crippen LogP contribution in [0, 0.1) is 6.92 Å². The lowest BCUT2D eigenvalue weighted by molar-refractivity contribution is 0.0986. The highest BCUT2D eigenvalue weighted by Gasteiger charge is 2.27. The summed E-state index contributed by atoms with van der Waals surface area (Å²) in [4.78, 5) is 14.7. The van der Waals surface area contributed by atoms with E-state index in [0.717, 1.165) is 5.56 Å². The van der Waals surface area contributed by atoms with Gasteiger partial charge in [-0.1, -0.05) is 35.0 Å². The van der Waals surface area contributed by atoms with Crippen molar-refractivity contribution in [3.63, 3.8) is 0 Å². The Hall–Kier alpha value is -2.42. The molecule has 0 atom stereocenters. The number of aryl methyl sites for hydroxylation is 1. The number of nitrogens with zero attached hydrogens (tertiary/aromatic N) is 2. The van der Waals surface area contributed by atoms with Crippen LogP contribution >= 0.6 is 11.6 Å². The van der Waals surface area contributed by atoms with Gasteiger partial charge < -0.3 is 4.90 Å². The monoisotopic (exact) mass is 408 g/mol. The second-order valence-electron chi connectivity index (χ2n) is 6.08. The first-order chi connectivity index (χ1) is 12.8. The van der Waals surface area contributed by atoms with Gasteiger partial charge in [0.1, 0.15) is 0 Å². The standard InChI is InChI=1S/C18H17ClN2O5S/c1-12-5-2-3-6-14(12)18(22)21-10-4-7-16(20-26-27(23,24)25)15-9-8-13(19)11-17(15)21/h2-3,5-6,8-9,11H,4,7,10H2,1H3,(H,23,24,25)/b20-16-. The predicted octanol–water partition coefficient (Wildman–Crippen LogP) is 3.61. The van der Waals surface area contributed by atoms with Crippen molar-refractivity contribution in [2.75, 3.05) is 11.4 Å². The number of amides is 1. The Morgan fingerprint density at radius 2 is 2.00 bits per heavy atom. The third-order valence-electron chi connectivity index (χ3n) is 4.22. The second kappa shape index (κ2) is 7.67. The summed E-state index contributed by atoms with van der Waals surface area (Å²) in [6.45, 7) is 2.25. The van der Waals surface area contributed by atoms with E-state index in [9.17, 15) is 13.2 Å². The average molecular weight is 409 g/mol. The number of hydrogen-bond donors (Lipinski definition) is 1. The maximum atomic E-state index is 13.1. The third kappa shape index (κ3) is 4.47. The molecule has 0 fully saturated rings. The Morgan fingerprint density at radius 1 is 1.26 bits per heavy atom. The number of hydrogen-bond acceptors (Lipinski definition) is 5. The Bertz CT molecular complexity index is 1020. The quantitative estimate of drug-likeness (QED) is 0.618. The zero-order valence-electron chi connectivity index (χ0n) is 14.4. The largest absolute Gasteiger partial charge is 0.466 e. The summed E-state index contributed by atoms with van der Waals surface area (Å²) in [6, 6.07) is 12.2. The SMILES string of the molecule is Cc1ccccc1C(=O)N1CCC/C(=N/OS(=O)(=O)O)c2ccc(Cl)cc21. The first-order valence-electron chi connectivity index (χ1n) is 8.16. The van der Waals surface area contributed by atoms with Crippen LogP contribution in [0.25, 0.3) is 0 Å².